The van der Waals surface area contributed by atoms with Crippen molar-refractivity contribution < 1.29 is 23.5 Å². The van der Waals surface area contributed by atoms with Gasteiger partial charge in [-0.1, -0.05) is 12.1 Å². The minimum absolute atomic E-state index is 0.109. The van der Waals surface area contributed by atoms with E-state index >= 15 is 0 Å². The van der Waals surface area contributed by atoms with Gasteiger partial charge < -0.3 is 14.5 Å². The maximum absolute atomic E-state index is 13.0. The number of benzene rings is 1. The third-order valence-corrected chi connectivity index (χ3v) is 4.57. The molecule has 3 amide bonds. The van der Waals surface area contributed by atoms with Crippen LogP contribution in [0.1, 0.15) is 39.9 Å². The van der Waals surface area contributed by atoms with E-state index in [1.165, 1.54) is 7.11 Å². The molecule has 1 saturated heterocycles. The monoisotopic (exact) mass is 356 g/mol. The second kappa shape index (κ2) is 6.33. The summed E-state index contributed by atoms with van der Waals surface area (Å²) < 4.78 is 10.2. The van der Waals surface area contributed by atoms with Gasteiger partial charge in [-0.2, -0.15) is 0 Å². The Morgan fingerprint density at radius 1 is 1.23 bits per heavy atom. The Labute approximate surface area is 150 Å². The number of carbonyl (C=O) groups is 3. The Hall–Kier alpha value is -3.09. The van der Waals surface area contributed by atoms with Gasteiger partial charge in [0.05, 0.1) is 19.2 Å². The molecule has 1 fully saturated rings. The number of urea groups is 1. The van der Waals surface area contributed by atoms with Crippen LogP contribution in [-0.2, 0) is 21.6 Å². The van der Waals surface area contributed by atoms with Crippen molar-refractivity contribution in [2.45, 2.75) is 32.9 Å². The van der Waals surface area contributed by atoms with Gasteiger partial charge in [-0.15, -0.1) is 0 Å². The van der Waals surface area contributed by atoms with Crippen LogP contribution in [0, 0.1) is 13.8 Å². The molecule has 1 atom stereocenters. The first-order chi connectivity index (χ1) is 12.3. The average Bonchev–Trinajstić information content (AvgIpc) is 3.06. The normalized spacial score (nSPS) is 19.6. The molecule has 2 aromatic rings. The van der Waals surface area contributed by atoms with Gasteiger partial charge in [0.2, 0.25) is 0 Å². The molecular weight excluding hydrogens is 336 g/mol. The van der Waals surface area contributed by atoms with E-state index in [0.717, 1.165) is 10.5 Å². The van der Waals surface area contributed by atoms with Crippen molar-refractivity contribution in [1.82, 2.24) is 10.2 Å². The first kappa shape index (κ1) is 17.7. The lowest BCUT2D eigenvalue weighted by Gasteiger charge is -2.21. The highest BCUT2D eigenvalue weighted by Gasteiger charge is 2.50. The van der Waals surface area contributed by atoms with E-state index in [-0.39, 0.29) is 12.5 Å². The van der Waals surface area contributed by atoms with Crippen molar-refractivity contribution in [1.29, 1.82) is 0 Å². The number of imide groups is 1. The van der Waals surface area contributed by atoms with Gasteiger partial charge in [-0.05, 0) is 44.5 Å². The van der Waals surface area contributed by atoms with Crippen molar-refractivity contribution in [3.63, 3.8) is 0 Å². The first-order valence-corrected chi connectivity index (χ1v) is 8.15. The number of carbonyl (C=O) groups excluding carboxylic acids is 3. The van der Waals surface area contributed by atoms with Crippen LogP contribution in [0.3, 0.4) is 0 Å². The summed E-state index contributed by atoms with van der Waals surface area (Å²) in [6.45, 7) is 5.34. The van der Waals surface area contributed by atoms with Crippen LogP contribution in [-0.4, -0.2) is 29.9 Å². The molecule has 1 aliphatic rings. The number of esters is 1. The number of aryl methyl sites for hydroxylation is 2. The third-order valence-electron chi connectivity index (χ3n) is 4.57. The lowest BCUT2D eigenvalue weighted by atomic mass is 9.92. The van der Waals surface area contributed by atoms with Crippen molar-refractivity contribution >= 4 is 17.9 Å². The van der Waals surface area contributed by atoms with Gasteiger partial charge in [0.15, 0.2) is 0 Å². The second-order valence-electron chi connectivity index (χ2n) is 6.46. The molecule has 0 spiro atoms. The minimum atomic E-state index is -1.16. The molecule has 2 heterocycles. The number of nitrogens with zero attached hydrogens (tertiary/aromatic N) is 1. The zero-order valence-electron chi connectivity index (χ0n) is 15.1. The fourth-order valence-electron chi connectivity index (χ4n) is 3.20. The van der Waals surface area contributed by atoms with Crippen LogP contribution in [0.4, 0.5) is 4.79 Å². The number of hydrogen-bond donors (Lipinski definition) is 1. The van der Waals surface area contributed by atoms with Crippen molar-refractivity contribution in [3.8, 4) is 0 Å². The standard InChI is InChI=1S/C19H20N2O5/c1-11-9-15(12(2)26-11)19(3)17(23)21(18(24)20-19)10-13-5-7-14(8-6-13)16(22)25-4/h5-9H,10H2,1-4H3,(H,20,24). The molecule has 1 aliphatic heterocycles. The Morgan fingerprint density at radius 3 is 2.42 bits per heavy atom. The third kappa shape index (κ3) is 2.85. The maximum atomic E-state index is 13.0. The number of rotatable bonds is 4. The van der Waals surface area contributed by atoms with Crippen LogP contribution in [0.2, 0.25) is 0 Å². The van der Waals surface area contributed by atoms with Gasteiger partial charge in [0.25, 0.3) is 5.91 Å². The molecule has 0 bridgehead atoms. The summed E-state index contributed by atoms with van der Waals surface area (Å²) in [6.07, 6.45) is 0. The summed E-state index contributed by atoms with van der Waals surface area (Å²) in [5.41, 5.74) is 0.621. The molecule has 7 nitrogen and oxygen atoms in total. The van der Waals surface area contributed by atoms with Crippen LogP contribution in [0.15, 0.2) is 34.7 Å². The summed E-state index contributed by atoms with van der Waals surface area (Å²) in [4.78, 5) is 38.0. The maximum Gasteiger partial charge on any atom is 0.337 e. The van der Waals surface area contributed by atoms with E-state index in [1.807, 2.05) is 0 Å². The molecule has 0 radical (unpaired) electrons. The van der Waals surface area contributed by atoms with Crippen LogP contribution in [0.25, 0.3) is 0 Å². The highest BCUT2D eigenvalue weighted by Crippen LogP contribution is 2.33. The van der Waals surface area contributed by atoms with Crippen molar-refractivity contribution in [2.24, 2.45) is 0 Å². The predicted molar refractivity (Wildman–Crippen MR) is 92.4 cm³/mol. The number of ether oxygens (including phenoxy) is 1. The number of nitrogens with one attached hydrogen (secondary N) is 1. The van der Waals surface area contributed by atoms with E-state index in [9.17, 15) is 14.4 Å². The fraction of sp³-hybridized carbons (Fsp3) is 0.316. The Morgan fingerprint density at radius 2 is 1.88 bits per heavy atom. The smallest absolute Gasteiger partial charge is 0.337 e. The van der Waals surface area contributed by atoms with Gasteiger partial charge in [0.1, 0.15) is 17.1 Å². The molecule has 1 N–H and O–H groups in total. The Balaban J connectivity index is 1.83. The molecular formula is C19H20N2O5. The minimum Gasteiger partial charge on any atom is -0.466 e. The topological polar surface area (TPSA) is 88.8 Å². The van der Waals surface area contributed by atoms with E-state index in [2.05, 4.69) is 10.1 Å². The van der Waals surface area contributed by atoms with Gasteiger partial charge in [-0.3, -0.25) is 9.69 Å². The summed E-state index contributed by atoms with van der Waals surface area (Å²) in [7, 11) is 1.31. The summed E-state index contributed by atoms with van der Waals surface area (Å²) >= 11 is 0. The molecule has 0 aliphatic carbocycles. The highest BCUT2D eigenvalue weighted by atomic mass is 16.5. The highest BCUT2D eigenvalue weighted by molar-refractivity contribution is 6.07. The zero-order chi connectivity index (χ0) is 19.1. The van der Waals surface area contributed by atoms with Crippen LogP contribution < -0.4 is 5.32 Å². The Bertz CT molecular complexity index is 884. The lowest BCUT2D eigenvalue weighted by molar-refractivity contribution is -0.131. The van der Waals surface area contributed by atoms with Crippen molar-refractivity contribution in [2.75, 3.05) is 7.11 Å². The Kier molecular flexibility index (Phi) is 4.31. The van der Waals surface area contributed by atoms with E-state index in [0.29, 0.717) is 22.6 Å². The molecule has 3 rings (SSSR count). The van der Waals surface area contributed by atoms with E-state index < -0.39 is 17.5 Å². The molecule has 1 aromatic carbocycles. The number of hydrogen-bond acceptors (Lipinski definition) is 5. The number of furan rings is 1. The molecule has 1 aromatic heterocycles. The number of methoxy groups -OCH3 is 1. The predicted octanol–water partition coefficient (Wildman–Crippen LogP) is 2.65. The summed E-state index contributed by atoms with van der Waals surface area (Å²) in [5, 5.41) is 2.76. The molecule has 0 saturated carbocycles. The second-order valence-corrected chi connectivity index (χ2v) is 6.46. The quantitative estimate of drug-likeness (QED) is 0.672. The average molecular weight is 356 g/mol. The van der Waals surface area contributed by atoms with Gasteiger partial charge >= 0.3 is 12.0 Å². The van der Waals surface area contributed by atoms with Crippen LogP contribution in [0.5, 0.6) is 0 Å². The van der Waals surface area contributed by atoms with Crippen LogP contribution >= 0.6 is 0 Å². The molecule has 136 valence electrons. The summed E-state index contributed by atoms with van der Waals surface area (Å²) in [5.74, 6) is 0.494. The first-order valence-electron chi connectivity index (χ1n) is 8.15. The SMILES string of the molecule is COC(=O)c1ccc(CN2C(=O)NC(C)(c3cc(C)oc3C)C2=O)cc1. The molecule has 7 heteroatoms. The lowest BCUT2D eigenvalue weighted by Crippen LogP contribution is -2.41. The van der Waals surface area contributed by atoms with Gasteiger partial charge in [-0.25, -0.2) is 9.59 Å². The van der Waals surface area contributed by atoms with Gasteiger partial charge in [0, 0.05) is 5.56 Å². The number of amides is 3. The zero-order valence-corrected chi connectivity index (χ0v) is 15.1. The largest absolute Gasteiger partial charge is 0.466 e. The van der Waals surface area contributed by atoms with E-state index in [4.69, 9.17) is 4.42 Å². The van der Waals surface area contributed by atoms with Crippen molar-refractivity contribution in [3.05, 3.63) is 58.5 Å². The summed E-state index contributed by atoms with van der Waals surface area (Å²) in [6, 6.07) is 7.88. The van der Waals surface area contributed by atoms with E-state index in [1.54, 1.807) is 51.1 Å². The fourth-order valence-corrected chi connectivity index (χ4v) is 3.20. The molecule has 1 unspecified atom stereocenters. The molecule has 26 heavy (non-hydrogen) atoms.